The molecule has 1 aliphatic carbocycles. The minimum atomic E-state index is -0.733. The molecule has 9 heteroatoms. The number of carbonyl (C=O) groups is 1. The fraction of sp³-hybridized carbons (Fsp3) is 0.414. The van der Waals surface area contributed by atoms with Gasteiger partial charge in [-0.2, -0.15) is 0 Å². The summed E-state index contributed by atoms with van der Waals surface area (Å²) in [5.41, 5.74) is 8.29. The molecule has 1 saturated heterocycles. The molecule has 200 valence electrons. The number of morpholine rings is 1. The van der Waals surface area contributed by atoms with Gasteiger partial charge < -0.3 is 20.5 Å². The van der Waals surface area contributed by atoms with Gasteiger partial charge in [0.05, 0.1) is 30.6 Å². The van der Waals surface area contributed by atoms with Crippen molar-refractivity contribution < 1.29 is 23.4 Å². The van der Waals surface area contributed by atoms with Crippen molar-refractivity contribution >= 4 is 11.5 Å². The predicted molar refractivity (Wildman–Crippen MR) is 140 cm³/mol. The second-order valence-corrected chi connectivity index (χ2v) is 10.3. The predicted octanol–water partition coefficient (Wildman–Crippen LogP) is 3.89. The third-order valence-electron chi connectivity index (χ3n) is 7.66. The molecule has 1 saturated carbocycles. The number of rotatable bonds is 6. The molecule has 0 spiro atoms. The van der Waals surface area contributed by atoms with Gasteiger partial charge in [0.2, 0.25) is 0 Å². The highest BCUT2D eigenvalue weighted by Crippen LogP contribution is 2.37. The quantitative estimate of drug-likeness (QED) is 0.474. The van der Waals surface area contributed by atoms with Gasteiger partial charge in [-0.25, -0.2) is 13.8 Å². The van der Waals surface area contributed by atoms with Crippen LogP contribution in [0, 0.1) is 17.6 Å². The first-order chi connectivity index (χ1) is 18.3. The maximum atomic E-state index is 15.1. The molecule has 2 aliphatic rings. The Balaban J connectivity index is 1.38. The molecule has 38 heavy (non-hydrogen) atoms. The van der Waals surface area contributed by atoms with Crippen LogP contribution in [-0.4, -0.2) is 59.3 Å². The Labute approximate surface area is 220 Å². The molecule has 3 aromatic rings. The zero-order valence-corrected chi connectivity index (χ0v) is 21.3. The summed E-state index contributed by atoms with van der Waals surface area (Å²) in [6, 6.07) is 8.79. The number of nitrogens with two attached hydrogens (primary N) is 1. The number of hydrogen-bond donors (Lipinski definition) is 2. The van der Waals surface area contributed by atoms with E-state index in [2.05, 4.69) is 9.97 Å². The van der Waals surface area contributed by atoms with Crippen molar-refractivity contribution in [1.82, 2.24) is 9.97 Å². The van der Waals surface area contributed by atoms with Crippen molar-refractivity contribution in [3.05, 3.63) is 77.2 Å². The molecule has 0 unspecified atom stereocenters. The minimum absolute atomic E-state index is 0.0400. The smallest absolute Gasteiger partial charge is 0.185 e. The fourth-order valence-electron chi connectivity index (χ4n) is 5.61. The van der Waals surface area contributed by atoms with E-state index in [1.807, 2.05) is 17.9 Å². The number of benzene rings is 1. The van der Waals surface area contributed by atoms with E-state index in [0.717, 1.165) is 17.5 Å². The van der Waals surface area contributed by atoms with Gasteiger partial charge in [-0.05, 0) is 66.1 Å². The molecular weight excluding hydrogens is 490 g/mol. The highest BCUT2D eigenvalue weighted by molar-refractivity contribution is 5.96. The second kappa shape index (κ2) is 11.2. The summed E-state index contributed by atoms with van der Waals surface area (Å²) in [4.78, 5) is 23.7. The lowest BCUT2D eigenvalue weighted by molar-refractivity contribution is 0.0519. The molecular formula is C29H32F2N4O3. The Hall–Kier alpha value is -3.27. The molecule has 1 aromatic carbocycles. The summed E-state index contributed by atoms with van der Waals surface area (Å²) in [7, 11) is 0. The number of Topliss-reactive ketones (excluding diaryl/α,β-unsaturated/α-hetero) is 1. The number of aromatic nitrogens is 2. The Morgan fingerprint density at radius 1 is 1.16 bits per heavy atom. The van der Waals surface area contributed by atoms with Crippen LogP contribution in [0.5, 0.6) is 0 Å². The van der Waals surface area contributed by atoms with Crippen LogP contribution >= 0.6 is 0 Å². The van der Waals surface area contributed by atoms with E-state index >= 15 is 8.78 Å². The molecule has 0 amide bonds. The van der Waals surface area contributed by atoms with Crippen LogP contribution in [0.1, 0.15) is 47.3 Å². The van der Waals surface area contributed by atoms with Crippen LogP contribution in [-0.2, 0) is 11.2 Å². The average molecular weight is 523 g/mol. The first-order valence-corrected chi connectivity index (χ1v) is 13.0. The number of anilines is 1. The number of hydrogen-bond acceptors (Lipinski definition) is 7. The zero-order valence-electron chi connectivity index (χ0n) is 21.3. The van der Waals surface area contributed by atoms with Gasteiger partial charge in [0, 0.05) is 43.6 Å². The lowest BCUT2D eigenvalue weighted by atomic mass is 9.74. The Kier molecular flexibility index (Phi) is 7.78. The second-order valence-electron chi connectivity index (χ2n) is 10.3. The molecule has 4 atom stereocenters. The molecule has 0 radical (unpaired) electrons. The summed E-state index contributed by atoms with van der Waals surface area (Å²) >= 11 is 0. The van der Waals surface area contributed by atoms with Gasteiger partial charge in [-0.3, -0.25) is 9.78 Å². The van der Waals surface area contributed by atoms with Gasteiger partial charge in [0.25, 0.3) is 0 Å². The lowest BCUT2D eigenvalue weighted by Gasteiger charge is -2.36. The van der Waals surface area contributed by atoms with Gasteiger partial charge >= 0.3 is 0 Å². The van der Waals surface area contributed by atoms with Gasteiger partial charge in [-0.15, -0.1) is 0 Å². The SMILES string of the molecule is C[C@H]1C[C@@H](c2ccncc2CC(=O)c2cccc(-c3c(F)cc(N4CCOCC4)cc3F)n2)C[C@@H](N)[C@@H]1O. The van der Waals surface area contributed by atoms with Crippen LogP contribution in [0.2, 0.25) is 0 Å². The van der Waals surface area contributed by atoms with Gasteiger partial charge in [-0.1, -0.05) is 13.0 Å². The number of ketones is 1. The number of carbonyl (C=O) groups excluding carboxylic acids is 1. The Morgan fingerprint density at radius 2 is 1.89 bits per heavy atom. The van der Waals surface area contributed by atoms with Crippen molar-refractivity contribution in [3.63, 3.8) is 0 Å². The van der Waals surface area contributed by atoms with E-state index in [9.17, 15) is 9.90 Å². The third-order valence-corrected chi connectivity index (χ3v) is 7.66. The normalized spacial score (nSPS) is 23.9. The number of ether oxygens (including phenoxy) is 1. The standard InChI is InChI=1S/C29H32F2N4O3/c1-17-11-18(12-24(32)29(17)37)21-5-6-33-16-19(21)13-27(36)25-3-2-4-26(34-25)28-22(30)14-20(15-23(28)31)35-7-9-38-10-8-35/h2-6,14-18,24,29,37H,7-13,32H2,1H3/t17-,18+,24+,29+/m0/s1. The molecule has 3 N–H and O–H groups in total. The van der Waals surface area contributed by atoms with E-state index < -0.39 is 17.7 Å². The van der Waals surface area contributed by atoms with Crippen LogP contribution in [0.4, 0.5) is 14.5 Å². The maximum absolute atomic E-state index is 15.1. The molecule has 0 bridgehead atoms. The highest BCUT2D eigenvalue weighted by atomic mass is 19.1. The first kappa shape index (κ1) is 26.3. The molecule has 2 fully saturated rings. The van der Waals surface area contributed by atoms with Crippen LogP contribution < -0.4 is 10.6 Å². The Morgan fingerprint density at radius 3 is 2.61 bits per heavy atom. The molecule has 5 rings (SSSR count). The van der Waals surface area contributed by atoms with Crippen LogP contribution in [0.15, 0.2) is 48.8 Å². The van der Waals surface area contributed by atoms with E-state index in [0.29, 0.717) is 38.4 Å². The van der Waals surface area contributed by atoms with E-state index in [-0.39, 0.29) is 47.0 Å². The van der Waals surface area contributed by atoms with Crippen molar-refractivity contribution in [2.45, 2.75) is 44.2 Å². The van der Waals surface area contributed by atoms with Crippen molar-refractivity contribution in [2.75, 3.05) is 31.2 Å². The van der Waals surface area contributed by atoms with Gasteiger partial charge in [0.1, 0.15) is 17.3 Å². The van der Waals surface area contributed by atoms with Crippen LogP contribution in [0.3, 0.4) is 0 Å². The largest absolute Gasteiger partial charge is 0.391 e. The molecule has 7 nitrogen and oxygen atoms in total. The number of aliphatic hydroxyl groups excluding tert-OH is 1. The highest BCUT2D eigenvalue weighted by Gasteiger charge is 2.34. The monoisotopic (exact) mass is 522 g/mol. The molecule has 3 heterocycles. The topological polar surface area (TPSA) is 102 Å². The number of halogens is 2. The van der Waals surface area contributed by atoms with Crippen molar-refractivity contribution in [1.29, 1.82) is 0 Å². The van der Waals surface area contributed by atoms with E-state index in [1.165, 1.54) is 18.2 Å². The van der Waals surface area contributed by atoms with Crippen molar-refractivity contribution in [3.8, 4) is 11.3 Å². The fourth-order valence-corrected chi connectivity index (χ4v) is 5.61. The summed E-state index contributed by atoms with van der Waals surface area (Å²) in [5, 5.41) is 10.3. The minimum Gasteiger partial charge on any atom is -0.391 e. The van der Waals surface area contributed by atoms with Crippen molar-refractivity contribution in [2.24, 2.45) is 11.7 Å². The lowest BCUT2D eigenvalue weighted by Crippen LogP contribution is -2.44. The summed E-state index contributed by atoms with van der Waals surface area (Å²) in [5.74, 6) is -1.61. The third kappa shape index (κ3) is 5.45. The summed E-state index contributed by atoms with van der Waals surface area (Å²) in [6.07, 6.45) is 4.23. The Bertz CT molecular complexity index is 1280. The number of pyridine rings is 2. The molecule has 1 aliphatic heterocycles. The first-order valence-electron chi connectivity index (χ1n) is 13.0. The average Bonchev–Trinajstić information content (AvgIpc) is 2.92. The number of nitrogens with zero attached hydrogens (tertiary/aromatic N) is 3. The summed E-state index contributed by atoms with van der Waals surface area (Å²) in [6.45, 7) is 4.10. The zero-order chi connectivity index (χ0) is 26.8. The van der Waals surface area contributed by atoms with E-state index in [1.54, 1.807) is 24.5 Å². The van der Waals surface area contributed by atoms with Gasteiger partial charge in [0.15, 0.2) is 5.78 Å². The molecule has 2 aromatic heterocycles. The van der Waals surface area contributed by atoms with E-state index in [4.69, 9.17) is 10.5 Å². The summed E-state index contributed by atoms with van der Waals surface area (Å²) < 4.78 is 35.6. The van der Waals surface area contributed by atoms with Crippen LogP contribution in [0.25, 0.3) is 11.3 Å². The maximum Gasteiger partial charge on any atom is 0.185 e. The number of aliphatic hydroxyl groups is 1.